The first-order valence-corrected chi connectivity index (χ1v) is 22.5. The van der Waals surface area contributed by atoms with Crippen LogP contribution >= 0.6 is 0 Å². The minimum atomic E-state index is -1.13. The van der Waals surface area contributed by atoms with Crippen molar-refractivity contribution in [3.05, 3.63) is 152 Å². The number of pyridine rings is 2. The van der Waals surface area contributed by atoms with Crippen LogP contribution in [-0.4, -0.2) is 64.6 Å². The third-order valence-electron chi connectivity index (χ3n) is 12.0. The number of hydrogen-bond donors (Lipinski definition) is 4. The number of nitrogens with one attached hydrogen (secondary N) is 3. The van der Waals surface area contributed by atoms with Crippen molar-refractivity contribution < 1.29 is 29.0 Å². The minimum absolute atomic E-state index is 0.0469. The fraction of sp³-hybridized carbons (Fsp3) is 0.373. The van der Waals surface area contributed by atoms with E-state index >= 15 is 0 Å². The van der Waals surface area contributed by atoms with Crippen molar-refractivity contribution in [2.24, 2.45) is 18.9 Å². The maximum absolute atomic E-state index is 14.4. The summed E-state index contributed by atoms with van der Waals surface area (Å²) >= 11 is 0. The Morgan fingerprint density at radius 3 is 1.72 bits per heavy atom. The van der Waals surface area contributed by atoms with Crippen LogP contribution in [0.25, 0.3) is 22.3 Å². The zero-order valence-corrected chi connectivity index (χ0v) is 39.3. The third-order valence-corrected chi connectivity index (χ3v) is 12.0. The summed E-state index contributed by atoms with van der Waals surface area (Å²) < 4.78 is 10.3. The second kappa shape index (κ2) is 21.8. The Balaban J connectivity index is 1.23. The van der Waals surface area contributed by atoms with E-state index in [-0.39, 0.29) is 30.9 Å². The third kappa shape index (κ3) is 12.1. The lowest BCUT2D eigenvalue weighted by atomic mass is 9.95. The molecule has 16 heteroatoms. The van der Waals surface area contributed by atoms with E-state index in [1.807, 2.05) is 85.0 Å². The zero-order chi connectivity index (χ0) is 48.5. The van der Waals surface area contributed by atoms with E-state index in [1.54, 1.807) is 54.2 Å². The lowest BCUT2D eigenvalue weighted by molar-refractivity contribution is -0.146. The number of rotatable bonds is 20. The van der Waals surface area contributed by atoms with E-state index in [2.05, 4.69) is 25.9 Å². The number of aromatic nitrogens is 6. The monoisotopic (exact) mass is 912 g/mol. The molecule has 352 valence electrons. The zero-order valence-electron chi connectivity index (χ0n) is 39.3. The first-order valence-electron chi connectivity index (χ1n) is 22.5. The summed E-state index contributed by atoms with van der Waals surface area (Å²) in [5.74, 6) is -3.21. The number of H-pyrrole nitrogens is 1. The van der Waals surface area contributed by atoms with Gasteiger partial charge in [-0.1, -0.05) is 69.3 Å². The first-order chi connectivity index (χ1) is 31.9. The molecule has 2 amide bonds. The molecule has 0 saturated heterocycles. The van der Waals surface area contributed by atoms with E-state index in [0.29, 0.717) is 17.5 Å². The maximum Gasteiger partial charge on any atom is 0.308 e. The van der Waals surface area contributed by atoms with E-state index in [4.69, 9.17) is 4.74 Å². The van der Waals surface area contributed by atoms with Gasteiger partial charge in [-0.25, -0.2) is 0 Å². The van der Waals surface area contributed by atoms with Crippen molar-refractivity contribution >= 4 is 23.8 Å². The predicted molar refractivity (Wildman–Crippen MR) is 254 cm³/mol. The van der Waals surface area contributed by atoms with Crippen molar-refractivity contribution in [2.75, 3.05) is 6.61 Å². The first kappa shape index (κ1) is 49.1. The molecule has 2 aromatic carbocycles. The molecule has 0 fully saturated rings. The average molecular weight is 913 g/mol. The molecule has 4 N–H and O–H groups in total. The summed E-state index contributed by atoms with van der Waals surface area (Å²) in [5, 5.41) is 27.8. The molecular weight excluding hydrogens is 853 g/mol. The highest BCUT2D eigenvalue weighted by molar-refractivity contribution is 5.83. The van der Waals surface area contributed by atoms with Gasteiger partial charge in [0.1, 0.15) is 12.1 Å². The average Bonchev–Trinajstić information content (AvgIpc) is 3.76. The molecule has 0 saturated carbocycles. The number of hydrogen-bond acceptors (Lipinski definition) is 9. The van der Waals surface area contributed by atoms with Gasteiger partial charge in [0.15, 0.2) is 0 Å². The second-order valence-electron chi connectivity index (χ2n) is 17.7. The van der Waals surface area contributed by atoms with Crippen LogP contribution in [0.3, 0.4) is 0 Å². The molecular formula is C51H60N8O8. The Labute approximate surface area is 389 Å². The Kier molecular flexibility index (Phi) is 15.9. The maximum atomic E-state index is 14.4. The van der Waals surface area contributed by atoms with Crippen molar-refractivity contribution in [2.45, 2.75) is 98.3 Å². The molecule has 0 aliphatic carbocycles. The standard InChI is InChI=1S/C51H60N8O8/c1-30(2)23-42(58-21-11-9-19-44(58)60)50(65)53-41(37-16-13-17-38(25-37)48-32(4)54-55-33(48)5)28-47(64)67-29-31(3)24-43(59-22-12-10-20-45(59)61)51(66)52-40(27-46(62)63)36-15-14-18-39(26-36)49-34(6)56-57(8)35(49)7/h9-22,25-26,30-31,40-43H,23-24,27-29H2,1-8H3,(H,52,66)(H,53,65)(H,54,55)(H,62,63)/t31?,40-,41-,42-,43-/m0/s1. The molecule has 16 nitrogen and oxygen atoms in total. The number of carboxylic acid groups (broad SMARTS) is 1. The Bertz CT molecular complexity index is 2840. The van der Waals surface area contributed by atoms with E-state index in [0.717, 1.165) is 45.0 Å². The molecule has 1 unspecified atom stereocenters. The highest BCUT2D eigenvalue weighted by Gasteiger charge is 2.30. The normalized spacial score (nSPS) is 13.6. The van der Waals surface area contributed by atoms with Gasteiger partial charge in [-0.2, -0.15) is 10.2 Å². The quantitative estimate of drug-likeness (QED) is 0.0575. The number of carbonyl (C=O) groups excluding carboxylic acids is 3. The predicted octanol–water partition coefficient (Wildman–Crippen LogP) is 7.01. The summed E-state index contributed by atoms with van der Waals surface area (Å²) in [6.45, 7) is 13.2. The number of carbonyl (C=O) groups is 4. The van der Waals surface area contributed by atoms with Crippen molar-refractivity contribution in [1.82, 2.24) is 39.7 Å². The van der Waals surface area contributed by atoms with Crippen LogP contribution < -0.4 is 21.8 Å². The summed E-state index contributed by atoms with van der Waals surface area (Å²) in [6, 6.07) is 20.2. The second-order valence-corrected chi connectivity index (χ2v) is 17.7. The van der Waals surface area contributed by atoms with Gasteiger partial charge in [0.05, 0.1) is 42.9 Å². The van der Waals surface area contributed by atoms with Gasteiger partial charge in [-0.3, -0.25) is 38.5 Å². The van der Waals surface area contributed by atoms with E-state index < -0.39 is 65.8 Å². The molecule has 0 radical (unpaired) electrons. The molecule has 67 heavy (non-hydrogen) atoms. The van der Waals surface area contributed by atoms with Gasteiger partial charge in [-0.05, 0) is 98.9 Å². The van der Waals surface area contributed by atoms with Gasteiger partial charge in [0, 0.05) is 54.1 Å². The van der Waals surface area contributed by atoms with Crippen molar-refractivity contribution in [1.29, 1.82) is 0 Å². The smallest absolute Gasteiger partial charge is 0.308 e. The summed E-state index contributed by atoms with van der Waals surface area (Å²) in [6.07, 6.45) is 2.80. The lowest BCUT2D eigenvalue weighted by Crippen LogP contribution is -2.40. The molecule has 5 atom stereocenters. The fourth-order valence-corrected chi connectivity index (χ4v) is 8.65. The number of amides is 2. The number of ether oxygens (including phenoxy) is 1. The topological polar surface area (TPSA) is 212 Å². The fourth-order valence-electron chi connectivity index (χ4n) is 8.65. The number of aliphatic carboxylic acids is 1. The van der Waals surface area contributed by atoms with Crippen LogP contribution in [0.2, 0.25) is 0 Å². The summed E-state index contributed by atoms with van der Waals surface area (Å²) in [7, 11) is 1.85. The molecule has 4 heterocycles. The highest BCUT2D eigenvalue weighted by atomic mass is 16.5. The van der Waals surface area contributed by atoms with E-state index in [1.165, 1.54) is 27.5 Å². The Morgan fingerprint density at radius 2 is 1.24 bits per heavy atom. The van der Waals surface area contributed by atoms with Crippen LogP contribution in [0.15, 0.2) is 107 Å². The Hall–Kier alpha value is -7.36. The largest absolute Gasteiger partial charge is 0.481 e. The number of nitrogens with zero attached hydrogens (tertiary/aromatic N) is 5. The van der Waals surface area contributed by atoms with Crippen LogP contribution in [0.1, 0.15) is 105 Å². The molecule has 0 aliphatic rings. The van der Waals surface area contributed by atoms with Crippen LogP contribution in [-0.2, 0) is 31.0 Å². The number of benzene rings is 2. The van der Waals surface area contributed by atoms with Gasteiger partial charge < -0.3 is 29.6 Å². The van der Waals surface area contributed by atoms with Gasteiger partial charge in [0.25, 0.3) is 11.1 Å². The number of aromatic amines is 1. The molecule has 0 spiro atoms. The van der Waals surface area contributed by atoms with Gasteiger partial charge >= 0.3 is 11.9 Å². The van der Waals surface area contributed by atoms with Gasteiger partial charge in [0.2, 0.25) is 11.8 Å². The highest BCUT2D eigenvalue weighted by Crippen LogP contribution is 2.32. The number of aryl methyl sites for hydroxylation is 4. The molecule has 6 aromatic rings. The van der Waals surface area contributed by atoms with Crippen molar-refractivity contribution in [3.63, 3.8) is 0 Å². The minimum Gasteiger partial charge on any atom is -0.481 e. The molecule has 0 aliphatic heterocycles. The lowest BCUT2D eigenvalue weighted by Gasteiger charge is -2.26. The van der Waals surface area contributed by atoms with Crippen molar-refractivity contribution in [3.8, 4) is 22.3 Å². The molecule has 4 aromatic heterocycles. The Morgan fingerprint density at radius 1 is 0.701 bits per heavy atom. The summed E-state index contributed by atoms with van der Waals surface area (Å²) in [5.41, 5.74) is 7.23. The van der Waals surface area contributed by atoms with Crippen LogP contribution in [0, 0.1) is 39.5 Å². The number of esters is 1. The van der Waals surface area contributed by atoms with Crippen LogP contribution in [0.4, 0.5) is 0 Å². The van der Waals surface area contributed by atoms with Gasteiger partial charge in [-0.15, -0.1) is 0 Å². The van der Waals surface area contributed by atoms with Crippen LogP contribution in [0.5, 0.6) is 0 Å². The molecule has 0 bridgehead atoms. The SMILES string of the molecule is Cc1n[nH]c(C)c1-c1cccc([C@H](CC(=O)OCC(C)C[C@@H](C(=O)N[C@@H](CC(=O)O)c2cccc(-c3c(C)nn(C)c3C)c2)n2ccccc2=O)NC(=O)[C@H](CC(C)C)n2ccccc2=O)c1. The van der Waals surface area contributed by atoms with E-state index in [9.17, 15) is 33.9 Å². The molecule has 6 rings (SSSR count). The number of carboxylic acids is 1. The summed E-state index contributed by atoms with van der Waals surface area (Å²) in [4.78, 5) is 80.9.